The highest BCUT2D eigenvalue weighted by molar-refractivity contribution is 5.37. The second-order valence-corrected chi connectivity index (χ2v) is 5.85. The van der Waals surface area contributed by atoms with Gasteiger partial charge in [0.2, 0.25) is 0 Å². The standard InChI is InChI=1S/C18H36NO2/c1-3-19(4-2)16-14-12-10-8-6-5-7-9-11-13-15-17-21-18-20/h3-17H2,1-2H3. The third-order valence-corrected chi connectivity index (χ3v) is 4.17. The Kier molecular flexibility index (Phi) is 17.0. The molecule has 0 saturated heterocycles. The molecule has 0 aromatic heterocycles. The molecule has 3 nitrogen and oxygen atoms in total. The lowest BCUT2D eigenvalue weighted by Crippen LogP contribution is -2.23. The van der Waals surface area contributed by atoms with Gasteiger partial charge in [-0.1, -0.05) is 71.6 Å². The number of ether oxygens (including phenoxy) is 1. The molecular formula is C18H36NO2. The minimum Gasteiger partial charge on any atom is -0.457 e. The summed E-state index contributed by atoms with van der Waals surface area (Å²) < 4.78 is 4.55. The highest BCUT2D eigenvalue weighted by Gasteiger charge is 1.98. The summed E-state index contributed by atoms with van der Waals surface area (Å²) in [6, 6.07) is 0. The third kappa shape index (κ3) is 15.6. The Morgan fingerprint density at radius 2 is 1.14 bits per heavy atom. The van der Waals surface area contributed by atoms with Crippen LogP contribution in [0.25, 0.3) is 0 Å². The fourth-order valence-corrected chi connectivity index (χ4v) is 2.68. The number of rotatable bonds is 17. The normalized spacial score (nSPS) is 11.0. The molecule has 3 heteroatoms. The van der Waals surface area contributed by atoms with Crippen LogP contribution in [0, 0.1) is 0 Å². The molecule has 0 aliphatic rings. The van der Waals surface area contributed by atoms with E-state index in [9.17, 15) is 4.79 Å². The van der Waals surface area contributed by atoms with E-state index < -0.39 is 0 Å². The topological polar surface area (TPSA) is 29.5 Å². The molecule has 1 radical (unpaired) electrons. The number of hydrogen-bond donors (Lipinski definition) is 0. The van der Waals surface area contributed by atoms with E-state index in [1.165, 1.54) is 90.3 Å². The van der Waals surface area contributed by atoms with E-state index in [1.54, 1.807) is 0 Å². The predicted molar refractivity (Wildman–Crippen MR) is 90.2 cm³/mol. The van der Waals surface area contributed by atoms with Crippen molar-refractivity contribution in [2.24, 2.45) is 0 Å². The van der Waals surface area contributed by atoms with E-state index in [0.29, 0.717) is 6.61 Å². The van der Waals surface area contributed by atoms with Crippen LogP contribution in [0.3, 0.4) is 0 Å². The Morgan fingerprint density at radius 1 is 0.714 bits per heavy atom. The van der Waals surface area contributed by atoms with Gasteiger partial charge in [-0.3, -0.25) is 0 Å². The van der Waals surface area contributed by atoms with Crippen molar-refractivity contribution >= 4 is 6.47 Å². The van der Waals surface area contributed by atoms with Gasteiger partial charge in [0.15, 0.2) is 0 Å². The SMILES string of the molecule is CCN(CC)CCCCCCCCCCCCCO[C]=O. The summed E-state index contributed by atoms with van der Waals surface area (Å²) in [6.45, 7) is 10.2. The lowest BCUT2D eigenvalue weighted by atomic mass is 10.1. The van der Waals surface area contributed by atoms with Crippen LogP contribution in [-0.2, 0) is 9.53 Å². The van der Waals surface area contributed by atoms with E-state index in [4.69, 9.17) is 0 Å². The van der Waals surface area contributed by atoms with Crippen LogP contribution >= 0.6 is 0 Å². The quantitative estimate of drug-likeness (QED) is 0.364. The molecule has 0 spiro atoms. The van der Waals surface area contributed by atoms with Crippen LogP contribution in [0.5, 0.6) is 0 Å². The van der Waals surface area contributed by atoms with Crippen molar-refractivity contribution in [1.29, 1.82) is 0 Å². The minimum atomic E-state index is 0.539. The molecule has 0 amide bonds. The molecule has 0 rings (SSSR count). The van der Waals surface area contributed by atoms with E-state index in [1.807, 2.05) is 0 Å². The largest absolute Gasteiger partial charge is 0.457 e. The predicted octanol–water partition coefficient (Wildman–Crippen LogP) is 4.70. The van der Waals surface area contributed by atoms with Gasteiger partial charge < -0.3 is 9.64 Å². The molecule has 0 saturated carbocycles. The average molecular weight is 298 g/mol. The second-order valence-electron chi connectivity index (χ2n) is 5.85. The van der Waals surface area contributed by atoms with Crippen LogP contribution in [0.15, 0.2) is 0 Å². The molecule has 0 N–H and O–H groups in total. The fourth-order valence-electron chi connectivity index (χ4n) is 2.68. The van der Waals surface area contributed by atoms with Gasteiger partial charge in [-0.2, -0.15) is 0 Å². The molecule has 21 heavy (non-hydrogen) atoms. The first kappa shape index (κ1) is 20.4. The third-order valence-electron chi connectivity index (χ3n) is 4.17. The lowest BCUT2D eigenvalue weighted by Gasteiger charge is -2.17. The van der Waals surface area contributed by atoms with Gasteiger partial charge in [-0.05, 0) is 32.5 Å². The first-order valence-corrected chi connectivity index (χ1v) is 9.06. The van der Waals surface area contributed by atoms with Crippen molar-refractivity contribution in [3.8, 4) is 0 Å². The summed E-state index contributed by atoms with van der Waals surface area (Å²) in [4.78, 5) is 12.3. The molecule has 125 valence electrons. The maximum Gasteiger partial charge on any atom is 0.417 e. The maximum atomic E-state index is 9.82. The molecule has 0 aromatic rings. The molecule has 0 heterocycles. The van der Waals surface area contributed by atoms with E-state index >= 15 is 0 Å². The molecule has 0 unspecified atom stereocenters. The van der Waals surface area contributed by atoms with Gasteiger partial charge in [0.1, 0.15) is 0 Å². The zero-order chi connectivity index (χ0) is 15.6. The summed E-state index contributed by atoms with van der Waals surface area (Å²) in [5.74, 6) is 0. The van der Waals surface area contributed by atoms with Crippen LogP contribution in [0.1, 0.15) is 84.5 Å². The average Bonchev–Trinajstić information content (AvgIpc) is 2.51. The number of unbranched alkanes of at least 4 members (excludes halogenated alkanes) is 10. The second kappa shape index (κ2) is 17.5. The summed E-state index contributed by atoms with van der Waals surface area (Å²) in [5.41, 5.74) is 0. The summed E-state index contributed by atoms with van der Waals surface area (Å²) >= 11 is 0. The molecule has 0 bridgehead atoms. The van der Waals surface area contributed by atoms with Gasteiger partial charge in [0.05, 0.1) is 6.61 Å². The van der Waals surface area contributed by atoms with E-state index in [2.05, 4.69) is 23.5 Å². The van der Waals surface area contributed by atoms with E-state index in [0.717, 1.165) is 6.42 Å². The molecule has 0 aliphatic carbocycles. The van der Waals surface area contributed by atoms with Gasteiger partial charge in [0.25, 0.3) is 0 Å². The van der Waals surface area contributed by atoms with Crippen molar-refractivity contribution in [1.82, 2.24) is 4.90 Å². The Labute approximate surface area is 132 Å². The minimum absolute atomic E-state index is 0.539. The Hall–Kier alpha value is -0.570. The zero-order valence-corrected chi connectivity index (χ0v) is 14.4. The number of hydrogen-bond acceptors (Lipinski definition) is 3. The van der Waals surface area contributed by atoms with Crippen molar-refractivity contribution < 1.29 is 9.53 Å². The molecular weight excluding hydrogens is 262 g/mol. The Balaban J connectivity index is 3.04. The van der Waals surface area contributed by atoms with Gasteiger partial charge >= 0.3 is 6.47 Å². The highest BCUT2D eigenvalue weighted by Crippen LogP contribution is 2.11. The van der Waals surface area contributed by atoms with Crippen LogP contribution in [-0.4, -0.2) is 37.6 Å². The van der Waals surface area contributed by atoms with Crippen LogP contribution in [0.2, 0.25) is 0 Å². The monoisotopic (exact) mass is 298 g/mol. The lowest BCUT2D eigenvalue weighted by molar-refractivity contribution is 0.268. The van der Waals surface area contributed by atoms with Crippen LogP contribution in [0.4, 0.5) is 0 Å². The molecule has 0 aromatic carbocycles. The van der Waals surface area contributed by atoms with Crippen molar-refractivity contribution in [2.75, 3.05) is 26.2 Å². The van der Waals surface area contributed by atoms with Crippen LogP contribution < -0.4 is 0 Å². The Morgan fingerprint density at radius 3 is 1.57 bits per heavy atom. The first-order chi connectivity index (χ1) is 10.3. The van der Waals surface area contributed by atoms with Gasteiger partial charge in [-0.15, -0.1) is 0 Å². The summed E-state index contributed by atoms with van der Waals surface area (Å²) in [5, 5.41) is 0. The molecule has 0 aliphatic heterocycles. The summed E-state index contributed by atoms with van der Waals surface area (Å²) in [7, 11) is 0. The van der Waals surface area contributed by atoms with Gasteiger partial charge in [-0.25, -0.2) is 4.79 Å². The first-order valence-electron chi connectivity index (χ1n) is 9.06. The number of nitrogens with zero attached hydrogens (tertiary/aromatic N) is 1. The van der Waals surface area contributed by atoms with E-state index in [-0.39, 0.29) is 0 Å². The van der Waals surface area contributed by atoms with Crippen molar-refractivity contribution in [3.63, 3.8) is 0 Å². The zero-order valence-electron chi connectivity index (χ0n) is 14.4. The Bertz CT molecular complexity index is 205. The number of carbonyl (C=O) groups excluding carboxylic acids is 1. The fraction of sp³-hybridized carbons (Fsp3) is 0.944. The van der Waals surface area contributed by atoms with Gasteiger partial charge in [0, 0.05) is 0 Å². The van der Waals surface area contributed by atoms with Crippen molar-refractivity contribution in [3.05, 3.63) is 0 Å². The maximum absolute atomic E-state index is 9.82. The van der Waals surface area contributed by atoms with Crippen molar-refractivity contribution in [2.45, 2.75) is 84.5 Å². The molecule has 0 atom stereocenters. The smallest absolute Gasteiger partial charge is 0.417 e. The highest BCUT2D eigenvalue weighted by atomic mass is 16.5. The summed E-state index contributed by atoms with van der Waals surface area (Å²) in [6.07, 6.45) is 14.5. The molecule has 0 fully saturated rings.